The fourth-order valence-corrected chi connectivity index (χ4v) is 2.43. The number of aromatic nitrogens is 2. The molecule has 0 spiro atoms. The predicted molar refractivity (Wildman–Crippen MR) is 89.2 cm³/mol. The maximum Gasteiger partial charge on any atom is 0.260 e. The highest BCUT2D eigenvalue weighted by molar-refractivity contribution is 14.1. The Morgan fingerprint density at radius 2 is 2.00 bits per heavy atom. The zero-order valence-electron chi connectivity index (χ0n) is 10.4. The second-order valence-electron chi connectivity index (χ2n) is 4.30. The number of para-hydroxylation sites is 1. The number of H-pyrrole nitrogens is 1. The van der Waals surface area contributed by atoms with Crippen molar-refractivity contribution < 1.29 is 0 Å². The molecule has 3 aromatic rings. The summed E-state index contributed by atoms with van der Waals surface area (Å²) >= 11 is 2.22. The quantitative estimate of drug-likeness (QED) is 0.473. The molecule has 1 aromatic heterocycles. The van der Waals surface area contributed by atoms with Gasteiger partial charge in [-0.2, -0.15) is 0 Å². The third kappa shape index (κ3) is 2.46. The molecule has 0 fully saturated rings. The average Bonchev–Trinajstić information content (AvgIpc) is 2.42. The fraction of sp³-hybridized carbons (Fsp3) is 0. The number of aromatic amines is 1. The first-order valence-corrected chi connectivity index (χ1v) is 7.02. The second-order valence-corrected chi connectivity index (χ2v) is 5.46. The third-order valence-corrected chi connectivity index (χ3v) is 3.80. The minimum Gasteiger partial charge on any atom is -0.399 e. The number of nitrogen functional groups attached to an aromatic ring is 1. The maximum atomic E-state index is 12.0. The topological polar surface area (TPSA) is 83.8 Å². The van der Waals surface area contributed by atoms with Crippen LogP contribution >= 0.6 is 22.6 Å². The summed E-state index contributed by atoms with van der Waals surface area (Å²) in [5, 5.41) is 3.60. The lowest BCUT2D eigenvalue weighted by Gasteiger charge is -2.08. The van der Waals surface area contributed by atoms with E-state index in [0.717, 1.165) is 9.26 Å². The maximum absolute atomic E-state index is 12.0. The lowest BCUT2D eigenvalue weighted by atomic mass is 10.2. The van der Waals surface area contributed by atoms with Gasteiger partial charge in [0, 0.05) is 9.26 Å². The number of anilines is 3. The van der Waals surface area contributed by atoms with E-state index in [1.807, 2.05) is 24.3 Å². The highest BCUT2D eigenvalue weighted by Crippen LogP contribution is 2.20. The summed E-state index contributed by atoms with van der Waals surface area (Å²) in [5.41, 5.74) is 7.51. The number of fused-ring (bicyclic) bond motifs is 1. The number of nitrogens with two attached hydrogens (primary N) is 1. The Morgan fingerprint density at radius 3 is 2.80 bits per heavy atom. The first kappa shape index (κ1) is 12.9. The van der Waals surface area contributed by atoms with Crippen molar-refractivity contribution in [1.29, 1.82) is 0 Å². The van der Waals surface area contributed by atoms with Crippen LogP contribution in [0.3, 0.4) is 0 Å². The smallest absolute Gasteiger partial charge is 0.260 e. The summed E-state index contributed by atoms with van der Waals surface area (Å²) in [6, 6.07) is 12.9. The molecule has 100 valence electrons. The molecule has 0 unspecified atom stereocenters. The molecule has 0 saturated carbocycles. The van der Waals surface area contributed by atoms with E-state index in [0.29, 0.717) is 22.5 Å². The van der Waals surface area contributed by atoms with Crippen LogP contribution in [0.25, 0.3) is 10.9 Å². The normalized spacial score (nSPS) is 10.7. The van der Waals surface area contributed by atoms with Crippen LogP contribution in [0.5, 0.6) is 0 Å². The van der Waals surface area contributed by atoms with Gasteiger partial charge in [0.1, 0.15) is 0 Å². The van der Waals surface area contributed by atoms with Crippen molar-refractivity contribution in [3.63, 3.8) is 0 Å². The van der Waals surface area contributed by atoms with Gasteiger partial charge in [-0.25, -0.2) is 4.98 Å². The average molecular weight is 378 g/mol. The van der Waals surface area contributed by atoms with E-state index in [1.165, 1.54) is 0 Å². The molecule has 6 heteroatoms. The molecule has 2 aromatic carbocycles. The highest BCUT2D eigenvalue weighted by atomic mass is 127. The van der Waals surface area contributed by atoms with E-state index in [2.05, 4.69) is 37.9 Å². The zero-order valence-corrected chi connectivity index (χ0v) is 12.5. The van der Waals surface area contributed by atoms with Crippen molar-refractivity contribution in [2.45, 2.75) is 0 Å². The molecule has 0 amide bonds. The van der Waals surface area contributed by atoms with Crippen LogP contribution in [0.15, 0.2) is 47.3 Å². The first-order chi connectivity index (χ1) is 9.63. The Morgan fingerprint density at radius 1 is 1.20 bits per heavy atom. The van der Waals surface area contributed by atoms with Gasteiger partial charge in [-0.3, -0.25) is 9.78 Å². The predicted octanol–water partition coefficient (Wildman–Crippen LogP) is 2.85. The van der Waals surface area contributed by atoms with Crippen LogP contribution in [0.2, 0.25) is 0 Å². The molecular formula is C14H11IN4O. The lowest BCUT2D eigenvalue weighted by Crippen LogP contribution is -2.11. The van der Waals surface area contributed by atoms with Gasteiger partial charge in [0.25, 0.3) is 5.56 Å². The molecule has 20 heavy (non-hydrogen) atoms. The molecule has 0 aliphatic carbocycles. The van der Waals surface area contributed by atoms with Gasteiger partial charge in [-0.15, -0.1) is 0 Å². The minimum absolute atomic E-state index is 0.212. The molecule has 0 atom stereocenters. The molecule has 3 rings (SSSR count). The third-order valence-electron chi connectivity index (χ3n) is 2.86. The summed E-state index contributed by atoms with van der Waals surface area (Å²) in [5.74, 6) is 0.413. The standard InChI is InChI=1S/C14H11IN4O/c15-10-3-1-2-4-12(10)18-14-17-11-6-5-8(16)7-9(11)13(20)19-14/h1-7H,16H2,(H2,17,18,19,20). The molecule has 0 bridgehead atoms. The van der Waals surface area contributed by atoms with Gasteiger partial charge in [-0.1, -0.05) is 12.1 Å². The first-order valence-electron chi connectivity index (χ1n) is 5.94. The summed E-state index contributed by atoms with van der Waals surface area (Å²) in [6.07, 6.45) is 0. The molecular weight excluding hydrogens is 367 g/mol. The van der Waals surface area contributed by atoms with Gasteiger partial charge in [0.15, 0.2) is 0 Å². The fourth-order valence-electron chi connectivity index (χ4n) is 1.91. The van der Waals surface area contributed by atoms with Gasteiger partial charge >= 0.3 is 0 Å². The van der Waals surface area contributed by atoms with E-state index in [-0.39, 0.29) is 5.56 Å². The molecule has 5 nitrogen and oxygen atoms in total. The molecule has 4 N–H and O–H groups in total. The largest absolute Gasteiger partial charge is 0.399 e. The van der Waals surface area contributed by atoms with Crippen LogP contribution in [0.4, 0.5) is 17.3 Å². The monoisotopic (exact) mass is 378 g/mol. The Bertz CT molecular complexity index is 844. The Kier molecular flexibility index (Phi) is 3.31. The molecule has 0 saturated heterocycles. The summed E-state index contributed by atoms with van der Waals surface area (Å²) < 4.78 is 1.05. The molecule has 0 aliphatic heterocycles. The van der Waals surface area contributed by atoms with E-state index in [9.17, 15) is 4.79 Å². The lowest BCUT2D eigenvalue weighted by molar-refractivity contribution is 1.17. The van der Waals surface area contributed by atoms with Crippen molar-refractivity contribution in [3.05, 3.63) is 56.4 Å². The molecule has 0 aliphatic rings. The van der Waals surface area contributed by atoms with Gasteiger partial charge in [0.05, 0.1) is 16.6 Å². The van der Waals surface area contributed by atoms with Crippen molar-refractivity contribution in [3.8, 4) is 0 Å². The SMILES string of the molecule is Nc1ccc2nc(Nc3ccccc3I)[nH]c(=O)c2c1. The summed E-state index contributed by atoms with van der Waals surface area (Å²) in [6.45, 7) is 0. The van der Waals surface area contributed by atoms with Crippen LogP contribution in [0, 0.1) is 3.57 Å². The molecule has 0 radical (unpaired) electrons. The Balaban J connectivity index is 2.08. The van der Waals surface area contributed by atoms with Crippen molar-refractivity contribution in [2.24, 2.45) is 0 Å². The summed E-state index contributed by atoms with van der Waals surface area (Å²) in [4.78, 5) is 19.1. The summed E-state index contributed by atoms with van der Waals surface area (Å²) in [7, 11) is 0. The molecule has 1 heterocycles. The van der Waals surface area contributed by atoms with Crippen LogP contribution < -0.4 is 16.6 Å². The number of hydrogen-bond acceptors (Lipinski definition) is 4. The zero-order chi connectivity index (χ0) is 14.1. The van der Waals surface area contributed by atoms with E-state index in [4.69, 9.17) is 5.73 Å². The number of halogens is 1. The van der Waals surface area contributed by atoms with Crippen LogP contribution in [0.1, 0.15) is 0 Å². The van der Waals surface area contributed by atoms with Crippen molar-refractivity contribution in [1.82, 2.24) is 9.97 Å². The van der Waals surface area contributed by atoms with Crippen molar-refractivity contribution >= 4 is 50.8 Å². The van der Waals surface area contributed by atoms with Crippen LogP contribution in [-0.4, -0.2) is 9.97 Å². The van der Waals surface area contributed by atoms with Gasteiger partial charge in [-0.05, 0) is 52.9 Å². The van der Waals surface area contributed by atoms with E-state index in [1.54, 1.807) is 18.2 Å². The number of nitrogens with one attached hydrogen (secondary N) is 2. The van der Waals surface area contributed by atoms with Gasteiger partial charge < -0.3 is 11.1 Å². The Hall–Kier alpha value is -2.09. The van der Waals surface area contributed by atoms with E-state index < -0.39 is 0 Å². The number of nitrogens with zero attached hydrogens (tertiary/aromatic N) is 1. The van der Waals surface area contributed by atoms with Crippen LogP contribution in [-0.2, 0) is 0 Å². The van der Waals surface area contributed by atoms with E-state index >= 15 is 0 Å². The number of benzene rings is 2. The number of hydrogen-bond donors (Lipinski definition) is 3. The number of rotatable bonds is 2. The Labute approximate surface area is 128 Å². The van der Waals surface area contributed by atoms with Gasteiger partial charge in [0.2, 0.25) is 5.95 Å². The minimum atomic E-state index is -0.212. The highest BCUT2D eigenvalue weighted by Gasteiger charge is 2.05. The van der Waals surface area contributed by atoms with Crippen molar-refractivity contribution in [2.75, 3.05) is 11.1 Å². The second kappa shape index (κ2) is 5.12.